The number of piperidine rings is 1. The van der Waals surface area contributed by atoms with Gasteiger partial charge in [-0.3, -0.25) is 4.79 Å². The molecule has 1 fully saturated rings. The highest BCUT2D eigenvalue weighted by atomic mass is 32.2. The van der Waals surface area contributed by atoms with Crippen LogP contribution in [0.1, 0.15) is 54.9 Å². The lowest BCUT2D eigenvalue weighted by atomic mass is 10.0. The van der Waals surface area contributed by atoms with E-state index in [1.54, 1.807) is 12.1 Å². The summed E-state index contributed by atoms with van der Waals surface area (Å²) in [7, 11) is -3.96. The smallest absolute Gasteiger partial charge is 0.255 e. The molecule has 0 radical (unpaired) electrons. The predicted octanol–water partition coefficient (Wildman–Crippen LogP) is 4.38. The summed E-state index contributed by atoms with van der Waals surface area (Å²) in [5.41, 5.74) is 1.85. The van der Waals surface area contributed by atoms with Gasteiger partial charge >= 0.3 is 0 Å². The van der Waals surface area contributed by atoms with Crippen LogP contribution in [0.5, 0.6) is 0 Å². The Kier molecular flexibility index (Phi) is 6.15. The van der Waals surface area contributed by atoms with Gasteiger partial charge in [0.15, 0.2) is 0 Å². The molecule has 2 aromatic rings. The van der Waals surface area contributed by atoms with E-state index < -0.39 is 26.6 Å². The summed E-state index contributed by atoms with van der Waals surface area (Å²) in [4.78, 5) is 12.1. The SMILES string of the molecule is CC(C)c1ccc(NC(=O)c2ccc(F)c(S(=O)(=O)N3CCCCC3)c2)cc1. The van der Waals surface area contributed by atoms with Crippen LogP contribution in [0.2, 0.25) is 0 Å². The first-order valence-electron chi connectivity index (χ1n) is 9.50. The van der Waals surface area contributed by atoms with Gasteiger partial charge in [-0.2, -0.15) is 4.31 Å². The molecule has 28 heavy (non-hydrogen) atoms. The number of carbonyl (C=O) groups excluding carboxylic acids is 1. The van der Waals surface area contributed by atoms with Gasteiger partial charge in [0.25, 0.3) is 5.91 Å². The summed E-state index contributed by atoms with van der Waals surface area (Å²) in [6.45, 7) is 4.91. The normalized spacial score (nSPS) is 15.6. The third-order valence-electron chi connectivity index (χ3n) is 4.96. The Morgan fingerprint density at radius 3 is 2.29 bits per heavy atom. The Morgan fingerprint density at radius 1 is 1.04 bits per heavy atom. The third-order valence-corrected chi connectivity index (χ3v) is 6.88. The Morgan fingerprint density at radius 2 is 1.68 bits per heavy atom. The highest BCUT2D eigenvalue weighted by Crippen LogP contribution is 2.24. The second kappa shape index (κ2) is 8.41. The van der Waals surface area contributed by atoms with Gasteiger partial charge in [0, 0.05) is 24.3 Å². The number of amides is 1. The maximum absolute atomic E-state index is 14.3. The molecule has 1 aliphatic heterocycles. The number of hydrogen-bond acceptors (Lipinski definition) is 3. The molecule has 1 N–H and O–H groups in total. The van der Waals surface area contributed by atoms with Gasteiger partial charge < -0.3 is 5.32 Å². The van der Waals surface area contributed by atoms with E-state index >= 15 is 0 Å². The first-order chi connectivity index (χ1) is 13.3. The zero-order valence-corrected chi connectivity index (χ0v) is 16.9. The van der Waals surface area contributed by atoms with Crippen LogP contribution in [0.15, 0.2) is 47.4 Å². The number of hydrogen-bond donors (Lipinski definition) is 1. The molecule has 3 rings (SSSR count). The number of anilines is 1. The summed E-state index contributed by atoms with van der Waals surface area (Å²) >= 11 is 0. The molecule has 5 nitrogen and oxygen atoms in total. The van der Waals surface area contributed by atoms with E-state index in [-0.39, 0.29) is 5.56 Å². The van der Waals surface area contributed by atoms with Crippen LogP contribution in [0.3, 0.4) is 0 Å². The number of sulfonamides is 1. The van der Waals surface area contributed by atoms with E-state index in [1.807, 2.05) is 12.1 Å². The number of nitrogens with one attached hydrogen (secondary N) is 1. The van der Waals surface area contributed by atoms with Crippen LogP contribution in [0, 0.1) is 5.82 Å². The summed E-state index contributed by atoms with van der Waals surface area (Å²) < 4.78 is 41.2. The highest BCUT2D eigenvalue weighted by molar-refractivity contribution is 7.89. The molecule has 0 saturated carbocycles. The van der Waals surface area contributed by atoms with E-state index in [0.717, 1.165) is 37.0 Å². The second-order valence-corrected chi connectivity index (χ2v) is 9.25. The lowest BCUT2D eigenvalue weighted by molar-refractivity contribution is 0.102. The molecule has 0 spiro atoms. The molecule has 1 saturated heterocycles. The van der Waals surface area contributed by atoms with Crippen LogP contribution >= 0.6 is 0 Å². The van der Waals surface area contributed by atoms with Crippen LogP contribution in [-0.4, -0.2) is 31.7 Å². The molecule has 1 aliphatic rings. The van der Waals surface area contributed by atoms with Crippen molar-refractivity contribution >= 4 is 21.6 Å². The van der Waals surface area contributed by atoms with Gasteiger partial charge in [-0.25, -0.2) is 12.8 Å². The van der Waals surface area contributed by atoms with Crippen molar-refractivity contribution in [2.45, 2.75) is 43.9 Å². The average molecular weight is 405 g/mol. The quantitative estimate of drug-likeness (QED) is 0.804. The number of nitrogens with zero attached hydrogens (tertiary/aromatic N) is 1. The lowest BCUT2D eigenvalue weighted by Crippen LogP contribution is -2.36. The van der Waals surface area contributed by atoms with Gasteiger partial charge in [-0.1, -0.05) is 32.4 Å². The minimum absolute atomic E-state index is 0.102. The van der Waals surface area contributed by atoms with Crippen molar-refractivity contribution in [1.29, 1.82) is 0 Å². The molecule has 0 aromatic heterocycles. The van der Waals surface area contributed by atoms with Gasteiger partial charge in [-0.05, 0) is 54.7 Å². The molecule has 150 valence electrons. The van der Waals surface area contributed by atoms with Gasteiger partial charge in [0.1, 0.15) is 10.7 Å². The average Bonchev–Trinajstić information content (AvgIpc) is 2.69. The summed E-state index contributed by atoms with van der Waals surface area (Å²) in [5, 5.41) is 2.73. The number of benzene rings is 2. The predicted molar refractivity (Wildman–Crippen MR) is 107 cm³/mol. The Bertz CT molecular complexity index is 950. The van der Waals surface area contributed by atoms with Crippen molar-refractivity contribution in [2.75, 3.05) is 18.4 Å². The van der Waals surface area contributed by atoms with E-state index in [4.69, 9.17) is 0 Å². The van der Waals surface area contributed by atoms with Crippen LogP contribution in [-0.2, 0) is 10.0 Å². The highest BCUT2D eigenvalue weighted by Gasteiger charge is 2.29. The monoisotopic (exact) mass is 404 g/mol. The number of carbonyl (C=O) groups is 1. The van der Waals surface area contributed by atoms with Crippen LogP contribution < -0.4 is 5.32 Å². The van der Waals surface area contributed by atoms with E-state index in [0.29, 0.717) is 24.7 Å². The molecule has 0 atom stereocenters. The van der Waals surface area contributed by atoms with Crippen molar-refractivity contribution in [3.63, 3.8) is 0 Å². The topological polar surface area (TPSA) is 66.5 Å². The third kappa shape index (κ3) is 4.42. The Labute approximate surface area is 165 Å². The van der Waals surface area contributed by atoms with Crippen LogP contribution in [0.25, 0.3) is 0 Å². The minimum atomic E-state index is -3.96. The maximum Gasteiger partial charge on any atom is 0.255 e. The fraction of sp³-hybridized carbons (Fsp3) is 0.381. The summed E-state index contributed by atoms with van der Waals surface area (Å²) in [6, 6.07) is 10.9. The molecule has 1 heterocycles. The molecule has 0 unspecified atom stereocenters. The van der Waals surface area contributed by atoms with Gasteiger partial charge in [0.05, 0.1) is 0 Å². The standard InChI is InChI=1S/C21H25FN2O3S/c1-15(2)16-6-9-18(10-7-16)23-21(25)17-8-11-19(22)20(14-17)28(26,27)24-12-4-3-5-13-24/h6-11,14-15H,3-5,12-13H2,1-2H3,(H,23,25). The zero-order chi connectivity index (χ0) is 20.3. The van der Waals surface area contributed by atoms with Crippen molar-refractivity contribution in [3.05, 3.63) is 59.4 Å². The molecule has 2 aromatic carbocycles. The largest absolute Gasteiger partial charge is 0.322 e. The van der Waals surface area contributed by atoms with E-state index in [2.05, 4.69) is 19.2 Å². The van der Waals surface area contributed by atoms with Crippen molar-refractivity contribution < 1.29 is 17.6 Å². The molecule has 0 aliphatic carbocycles. The molecular formula is C21H25FN2O3S. The first-order valence-corrected chi connectivity index (χ1v) is 10.9. The fourth-order valence-electron chi connectivity index (χ4n) is 3.24. The van der Waals surface area contributed by atoms with Crippen molar-refractivity contribution in [2.24, 2.45) is 0 Å². The van der Waals surface area contributed by atoms with Crippen LogP contribution in [0.4, 0.5) is 10.1 Å². The van der Waals surface area contributed by atoms with Crippen molar-refractivity contribution in [3.8, 4) is 0 Å². The molecule has 7 heteroatoms. The molecular weight excluding hydrogens is 379 g/mol. The number of halogens is 1. The van der Waals surface area contributed by atoms with Gasteiger partial charge in [0.2, 0.25) is 10.0 Å². The fourth-order valence-corrected chi connectivity index (χ4v) is 4.85. The zero-order valence-electron chi connectivity index (χ0n) is 16.1. The summed E-state index contributed by atoms with van der Waals surface area (Å²) in [5.74, 6) is -0.944. The van der Waals surface area contributed by atoms with Gasteiger partial charge in [-0.15, -0.1) is 0 Å². The minimum Gasteiger partial charge on any atom is -0.322 e. The number of rotatable bonds is 5. The summed E-state index contributed by atoms with van der Waals surface area (Å²) in [6.07, 6.45) is 2.48. The van der Waals surface area contributed by atoms with E-state index in [9.17, 15) is 17.6 Å². The first kappa shape index (κ1) is 20.5. The Hall–Kier alpha value is -2.25. The second-order valence-electron chi connectivity index (χ2n) is 7.34. The lowest BCUT2D eigenvalue weighted by Gasteiger charge is -2.26. The maximum atomic E-state index is 14.3. The Balaban J connectivity index is 1.83. The van der Waals surface area contributed by atoms with E-state index in [1.165, 1.54) is 10.4 Å². The molecule has 1 amide bonds. The van der Waals surface area contributed by atoms with Crippen molar-refractivity contribution in [1.82, 2.24) is 4.31 Å². The molecule has 0 bridgehead atoms.